The predicted molar refractivity (Wildman–Crippen MR) is 70.2 cm³/mol. The highest BCUT2D eigenvalue weighted by atomic mass is 16.8. The molecule has 1 saturated heterocycles. The molecule has 1 fully saturated rings. The Morgan fingerprint density at radius 3 is 2.61 bits per heavy atom. The highest BCUT2D eigenvalue weighted by Crippen LogP contribution is 2.30. The first kappa shape index (κ1) is 15.6. The maximum Gasteiger partial charge on any atom is 0.164 e. The lowest BCUT2D eigenvalue weighted by Gasteiger charge is -2.19. The van der Waals surface area contributed by atoms with E-state index < -0.39 is 18.0 Å². The minimum Gasteiger partial charge on any atom is -0.394 e. The summed E-state index contributed by atoms with van der Waals surface area (Å²) in [7, 11) is 0. The van der Waals surface area contributed by atoms with Crippen LogP contribution in [0.5, 0.6) is 0 Å². The molecule has 1 aliphatic heterocycles. The van der Waals surface area contributed by atoms with Gasteiger partial charge in [0.15, 0.2) is 5.79 Å². The lowest BCUT2D eigenvalue weighted by Crippen LogP contribution is -2.37. The van der Waals surface area contributed by atoms with E-state index >= 15 is 0 Å². The topological polar surface area (TPSA) is 58.9 Å². The first-order valence-electron chi connectivity index (χ1n) is 6.81. The summed E-state index contributed by atoms with van der Waals surface area (Å²) in [5.74, 6) is -0.709. The number of unbranched alkanes of at least 4 members (excludes halogenated alkanes) is 3. The molecule has 1 rings (SSSR count). The molecule has 4 heteroatoms. The lowest BCUT2D eigenvalue weighted by molar-refractivity contribution is -0.155. The van der Waals surface area contributed by atoms with E-state index in [1.165, 1.54) is 12.8 Å². The standard InChI is InChI=1S/C14H26O4/c1-4-5-6-7-8-9-12-13(11(16)10-15)18-14(2,3)17-12/h8-9,11-13,15-16H,4-7,10H2,1-3H3/b9-8-/t11-,12+,13-/m1/s1. The molecule has 0 amide bonds. The Balaban J connectivity index is 2.50. The fourth-order valence-electron chi connectivity index (χ4n) is 2.11. The average Bonchev–Trinajstić information content (AvgIpc) is 2.63. The second-order valence-electron chi connectivity index (χ2n) is 5.24. The first-order chi connectivity index (χ1) is 8.50. The summed E-state index contributed by atoms with van der Waals surface area (Å²) in [5, 5.41) is 18.7. The summed E-state index contributed by atoms with van der Waals surface area (Å²) >= 11 is 0. The van der Waals surface area contributed by atoms with Gasteiger partial charge in [0.2, 0.25) is 0 Å². The Morgan fingerprint density at radius 1 is 1.28 bits per heavy atom. The number of ether oxygens (including phenoxy) is 2. The van der Waals surface area contributed by atoms with E-state index in [0.29, 0.717) is 0 Å². The van der Waals surface area contributed by atoms with Crippen LogP contribution in [0.1, 0.15) is 46.5 Å². The fourth-order valence-corrected chi connectivity index (χ4v) is 2.11. The van der Waals surface area contributed by atoms with Crippen molar-refractivity contribution in [3.8, 4) is 0 Å². The Kier molecular flexibility index (Phi) is 6.29. The van der Waals surface area contributed by atoms with Crippen LogP contribution in [0, 0.1) is 0 Å². The highest BCUT2D eigenvalue weighted by molar-refractivity contribution is 5.00. The van der Waals surface area contributed by atoms with Gasteiger partial charge in [-0.25, -0.2) is 0 Å². The van der Waals surface area contributed by atoms with Gasteiger partial charge in [0.1, 0.15) is 18.3 Å². The number of aliphatic hydroxyl groups excluding tert-OH is 2. The van der Waals surface area contributed by atoms with Crippen molar-refractivity contribution >= 4 is 0 Å². The fraction of sp³-hybridized carbons (Fsp3) is 0.857. The SMILES string of the molecule is CCCCC/C=C\[C@@H]1OC(C)(C)O[C@@H]1[C@H](O)CO. The van der Waals surface area contributed by atoms with Gasteiger partial charge < -0.3 is 19.7 Å². The summed E-state index contributed by atoms with van der Waals surface area (Å²) in [6, 6.07) is 0. The molecule has 3 atom stereocenters. The Morgan fingerprint density at radius 2 is 2.00 bits per heavy atom. The van der Waals surface area contributed by atoms with Gasteiger partial charge in [0, 0.05) is 0 Å². The predicted octanol–water partition coefficient (Wildman–Crippen LogP) is 2.00. The van der Waals surface area contributed by atoms with Crippen molar-refractivity contribution in [2.45, 2.75) is 70.6 Å². The molecule has 0 aromatic rings. The van der Waals surface area contributed by atoms with E-state index in [9.17, 15) is 5.11 Å². The second-order valence-corrected chi connectivity index (χ2v) is 5.24. The van der Waals surface area contributed by atoms with Gasteiger partial charge >= 0.3 is 0 Å². The molecular formula is C14H26O4. The van der Waals surface area contributed by atoms with Crippen molar-refractivity contribution in [3.63, 3.8) is 0 Å². The summed E-state index contributed by atoms with van der Waals surface area (Å²) < 4.78 is 11.3. The maximum atomic E-state index is 9.71. The van der Waals surface area contributed by atoms with Gasteiger partial charge in [-0.3, -0.25) is 0 Å². The molecular weight excluding hydrogens is 232 g/mol. The average molecular weight is 258 g/mol. The van der Waals surface area contributed by atoms with Crippen molar-refractivity contribution in [1.29, 1.82) is 0 Å². The van der Waals surface area contributed by atoms with Gasteiger partial charge in [0.25, 0.3) is 0 Å². The third-order valence-corrected chi connectivity index (χ3v) is 3.03. The maximum absolute atomic E-state index is 9.71. The molecule has 0 unspecified atom stereocenters. The molecule has 0 bridgehead atoms. The highest BCUT2D eigenvalue weighted by Gasteiger charge is 2.43. The third-order valence-electron chi connectivity index (χ3n) is 3.03. The normalized spacial score (nSPS) is 28.9. The van der Waals surface area contributed by atoms with Crippen LogP contribution in [0.15, 0.2) is 12.2 Å². The monoisotopic (exact) mass is 258 g/mol. The van der Waals surface area contributed by atoms with E-state index in [4.69, 9.17) is 14.6 Å². The smallest absolute Gasteiger partial charge is 0.164 e. The zero-order chi connectivity index (χ0) is 13.6. The largest absolute Gasteiger partial charge is 0.394 e. The Bertz CT molecular complexity index is 263. The van der Waals surface area contributed by atoms with Crippen LogP contribution in [0.4, 0.5) is 0 Å². The van der Waals surface area contributed by atoms with Crippen LogP contribution in [0.25, 0.3) is 0 Å². The Hall–Kier alpha value is -0.420. The lowest BCUT2D eigenvalue weighted by atomic mass is 10.1. The van der Waals surface area contributed by atoms with Crippen molar-refractivity contribution in [2.24, 2.45) is 0 Å². The first-order valence-corrected chi connectivity index (χ1v) is 6.81. The molecule has 2 N–H and O–H groups in total. The van der Waals surface area contributed by atoms with Gasteiger partial charge in [-0.05, 0) is 26.7 Å². The van der Waals surface area contributed by atoms with Crippen LogP contribution in [-0.4, -0.2) is 40.9 Å². The molecule has 0 saturated carbocycles. The molecule has 0 spiro atoms. The van der Waals surface area contributed by atoms with Crippen LogP contribution >= 0.6 is 0 Å². The van der Waals surface area contributed by atoms with E-state index in [1.807, 2.05) is 19.9 Å². The van der Waals surface area contributed by atoms with Gasteiger partial charge in [-0.1, -0.05) is 31.9 Å². The summed E-state index contributed by atoms with van der Waals surface area (Å²) in [4.78, 5) is 0. The summed E-state index contributed by atoms with van der Waals surface area (Å²) in [6.45, 7) is 5.49. The van der Waals surface area contributed by atoms with Crippen LogP contribution in [0.3, 0.4) is 0 Å². The molecule has 1 heterocycles. The number of allylic oxidation sites excluding steroid dienone is 1. The van der Waals surface area contributed by atoms with E-state index in [2.05, 4.69) is 13.0 Å². The number of aliphatic hydroxyl groups is 2. The quantitative estimate of drug-likeness (QED) is 0.541. The van der Waals surface area contributed by atoms with Crippen molar-refractivity contribution < 1.29 is 19.7 Å². The molecule has 0 aromatic carbocycles. The van der Waals surface area contributed by atoms with Crippen molar-refractivity contribution in [1.82, 2.24) is 0 Å². The Labute approximate surface area is 110 Å². The molecule has 4 nitrogen and oxygen atoms in total. The van der Waals surface area contributed by atoms with Crippen LogP contribution in [-0.2, 0) is 9.47 Å². The minimum atomic E-state index is -0.905. The van der Waals surface area contributed by atoms with E-state index in [0.717, 1.165) is 12.8 Å². The van der Waals surface area contributed by atoms with Crippen LogP contribution < -0.4 is 0 Å². The second kappa shape index (κ2) is 7.24. The molecule has 0 aliphatic carbocycles. The third kappa shape index (κ3) is 4.69. The summed E-state index contributed by atoms with van der Waals surface area (Å²) in [6.07, 6.45) is 6.92. The molecule has 0 radical (unpaired) electrons. The molecule has 18 heavy (non-hydrogen) atoms. The zero-order valence-corrected chi connectivity index (χ0v) is 11.6. The number of hydrogen-bond donors (Lipinski definition) is 2. The van der Waals surface area contributed by atoms with Gasteiger partial charge in [-0.2, -0.15) is 0 Å². The van der Waals surface area contributed by atoms with Gasteiger partial charge in [-0.15, -0.1) is 0 Å². The van der Waals surface area contributed by atoms with Crippen molar-refractivity contribution in [2.75, 3.05) is 6.61 Å². The molecule has 1 aliphatic rings. The van der Waals surface area contributed by atoms with Crippen LogP contribution in [0.2, 0.25) is 0 Å². The van der Waals surface area contributed by atoms with Crippen molar-refractivity contribution in [3.05, 3.63) is 12.2 Å². The zero-order valence-electron chi connectivity index (χ0n) is 11.6. The van der Waals surface area contributed by atoms with E-state index in [-0.39, 0.29) is 12.7 Å². The molecule has 106 valence electrons. The van der Waals surface area contributed by atoms with E-state index in [1.54, 1.807) is 0 Å². The number of rotatable bonds is 7. The number of hydrogen-bond acceptors (Lipinski definition) is 4. The minimum absolute atomic E-state index is 0.288. The van der Waals surface area contributed by atoms with Gasteiger partial charge in [0.05, 0.1) is 6.61 Å². The molecule has 0 aromatic heterocycles. The summed E-state index contributed by atoms with van der Waals surface area (Å²) in [5.41, 5.74) is 0.